The first-order valence-corrected chi connectivity index (χ1v) is 12.2. The van der Waals surface area contributed by atoms with E-state index < -0.39 is 5.92 Å². The molecule has 1 aliphatic carbocycles. The van der Waals surface area contributed by atoms with E-state index in [0.717, 1.165) is 56.4 Å². The van der Waals surface area contributed by atoms with Crippen molar-refractivity contribution in [1.29, 1.82) is 0 Å². The molecule has 0 amide bonds. The molecule has 1 heterocycles. The van der Waals surface area contributed by atoms with E-state index in [4.69, 9.17) is 9.47 Å². The zero-order chi connectivity index (χ0) is 23.6. The Bertz CT molecular complexity index is 1010. The van der Waals surface area contributed by atoms with Crippen LogP contribution in [0.1, 0.15) is 42.7 Å². The first kappa shape index (κ1) is 24.0. The van der Waals surface area contributed by atoms with Crippen LogP contribution >= 0.6 is 0 Å². The van der Waals surface area contributed by atoms with Crippen molar-refractivity contribution in [3.63, 3.8) is 0 Å². The lowest BCUT2D eigenvalue weighted by Gasteiger charge is -2.32. The number of carbonyl (C=O) groups excluding carboxylic acids is 2. The highest BCUT2D eigenvalue weighted by Crippen LogP contribution is 2.29. The van der Waals surface area contributed by atoms with Crippen molar-refractivity contribution in [1.82, 2.24) is 4.90 Å². The van der Waals surface area contributed by atoms with Gasteiger partial charge in [0, 0.05) is 6.54 Å². The Hall–Kier alpha value is -3.18. The molecule has 0 spiro atoms. The van der Waals surface area contributed by atoms with E-state index in [2.05, 4.69) is 23.1 Å². The lowest BCUT2D eigenvalue weighted by Crippen LogP contribution is -2.36. The molecule has 2 aromatic rings. The maximum absolute atomic E-state index is 13.3. The van der Waals surface area contributed by atoms with Crippen molar-refractivity contribution in [3.8, 4) is 5.75 Å². The summed E-state index contributed by atoms with van der Waals surface area (Å²) in [6, 6.07) is 17.0. The summed E-state index contributed by atoms with van der Waals surface area (Å²) >= 11 is 0. The van der Waals surface area contributed by atoms with Gasteiger partial charge in [-0.2, -0.15) is 0 Å². The Morgan fingerprint density at radius 1 is 1.03 bits per heavy atom. The molecule has 0 aromatic heterocycles. The predicted octanol–water partition coefficient (Wildman–Crippen LogP) is 4.93. The lowest BCUT2D eigenvalue weighted by atomic mass is 9.91. The zero-order valence-corrected chi connectivity index (χ0v) is 19.6. The van der Waals surface area contributed by atoms with Crippen molar-refractivity contribution in [2.75, 3.05) is 32.8 Å². The lowest BCUT2D eigenvalue weighted by molar-refractivity contribution is -0.146. The molecule has 1 aliphatic heterocycles. The van der Waals surface area contributed by atoms with Gasteiger partial charge in [-0.25, -0.2) is 0 Å². The highest BCUT2D eigenvalue weighted by molar-refractivity contribution is 5.82. The highest BCUT2D eigenvalue weighted by atomic mass is 16.5. The summed E-state index contributed by atoms with van der Waals surface area (Å²) in [4.78, 5) is 26.5. The Balaban J connectivity index is 1.36. The van der Waals surface area contributed by atoms with Gasteiger partial charge in [-0.3, -0.25) is 14.5 Å². The van der Waals surface area contributed by atoms with E-state index in [1.165, 1.54) is 5.57 Å². The first-order valence-electron chi connectivity index (χ1n) is 12.2. The van der Waals surface area contributed by atoms with Gasteiger partial charge < -0.3 is 9.47 Å². The number of likely N-dealkylation sites (tertiary alicyclic amines) is 1. The summed E-state index contributed by atoms with van der Waals surface area (Å²) < 4.78 is 11.3. The van der Waals surface area contributed by atoms with Gasteiger partial charge in [-0.15, -0.1) is 0 Å². The van der Waals surface area contributed by atoms with Crippen molar-refractivity contribution in [3.05, 3.63) is 89.5 Å². The molecule has 1 saturated heterocycles. The first-order chi connectivity index (χ1) is 16.7. The van der Waals surface area contributed by atoms with Crippen LogP contribution < -0.4 is 4.74 Å². The second-order valence-electron chi connectivity index (χ2n) is 9.00. The molecule has 1 atom stereocenters. The van der Waals surface area contributed by atoms with Gasteiger partial charge in [0.15, 0.2) is 6.29 Å². The molecule has 1 fully saturated rings. The Kier molecular flexibility index (Phi) is 8.69. The van der Waals surface area contributed by atoms with Crippen LogP contribution in [0.2, 0.25) is 0 Å². The number of esters is 1. The fourth-order valence-electron chi connectivity index (χ4n) is 4.66. The van der Waals surface area contributed by atoms with Gasteiger partial charge in [-0.05, 0) is 73.5 Å². The molecule has 4 rings (SSSR count). The largest absolute Gasteiger partial charge is 0.486 e. The second-order valence-corrected chi connectivity index (χ2v) is 9.00. The van der Waals surface area contributed by atoms with E-state index in [1.54, 1.807) is 6.07 Å². The van der Waals surface area contributed by atoms with Crippen LogP contribution in [-0.4, -0.2) is 50.0 Å². The van der Waals surface area contributed by atoms with Crippen LogP contribution in [0.5, 0.6) is 5.75 Å². The van der Waals surface area contributed by atoms with Crippen LogP contribution in [0.3, 0.4) is 0 Å². The standard InChI is InChI=1S/C29H33NO4/c31-18-19-33-27-13-7-12-26(20-27)28(25-10-5-2-6-11-25)29(32)34-22-24-14-16-30(17-15-24)21-23-8-3-1-4-9-23/h2-3,5-13,18,20,24,28H,1,4,14-17,19,21-22H2. The summed E-state index contributed by atoms with van der Waals surface area (Å²) in [7, 11) is 0. The summed E-state index contributed by atoms with van der Waals surface area (Å²) in [6.07, 6.45) is 11.9. The van der Waals surface area contributed by atoms with Crippen molar-refractivity contribution in [2.24, 2.45) is 5.92 Å². The maximum atomic E-state index is 13.3. The molecule has 0 radical (unpaired) electrons. The summed E-state index contributed by atoms with van der Waals surface area (Å²) in [5, 5.41) is 0. The molecular weight excluding hydrogens is 426 g/mol. The van der Waals surface area contributed by atoms with Gasteiger partial charge in [0.25, 0.3) is 0 Å². The number of carbonyl (C=O) groups is 2. The number of hydrogen-bond donors (Lipinski definition) is 0. The smallest absolute Gasteiger partial charge is 0.317 e. The van der Waals surface area contributed by atoms with Crippen molar-refractivity contribution in [2.45, 2.75) is 31.6 Å². The molecule has 178 valence electrons. The van der Waals surface area contributed by atoms with E-state index in [-0.39, 0.29) is 12.6 Å². The average Bonchev–Trinajstić information content (AvgIpc) is 2.89. The van der Waals surface area contributed by atoms with Gasteiger partial charge in [0.1, 0.15) is 18.3 Å². The molecule has 5 nitrogen and oxygen atoms in total. The van der Waals surface area contributed by atoms with Gasteiger partial charge in [0.05, 0.1) is 6.61 Å². The number of benzene rings is 2. The fourth-order valence-corrected chi connectivity index (χ4v) is 4.66. The molecule has 0 bridgehead atoms. The van der Waals surface area contributed by atoms with Crippen LogP contribution in [0.25, 0.3) is 0 Å². The molecule has 5 heteroatoms. The summed E-state index contributed by atoms with van der Waals surface area (Å²) in [5.74, 6) is 0.160. The van der Waals surface area contributed by atoms with Crippen molar-refractivity contribution >= 4 is 12.3 Å². The molecule has 34 heavy (non-hydrogen) atoms. The average molecular weight is 460 g/mol. The quantitative estimate of drug-likeness (QED) is 0.373. The third-order valence-electron chi connectivity index (χ3n) is 6.52. The van der Waals surface area contributed by atoms with Crippen LogP contribution in [0.4, 0.5) is 0 Å². The number of piperidine rings is 1. The van der Waals surface area contributed by atoms with Gasteiger partial charge in [0.2, 0.25) is 0 Å². The zero-order valence-electron chi connectivity index (χ0n) is 19.6. The van der Waals surface area contributed by atoms with E-state index in [9.17, 15) is 9.59 Å². The minimum absolute atomic E-state index is 0.0177. The van der Waals surface area contributed by atoms with Crippen LogP contribution in [0, 0.1) is 5.92 Å². The molecule has 2 aromatic carbocycles. The molecule has 2 aliphatic rings. The third kappa shape index (κ3) is 6.67. The minimum atomic E-state index is -0.536. The number of aldehydes is 1. The minimum Gasteiger partial charge on any atom is -0.486 e. The van der Waals surface area contributed by atoms with E-state index in [0.29, 0.717) is 24.6 Å². The van der Waals surface area contributed by atoms with Gasteiger partial charge in [-0.1, -0.05) is 60.7 Å². The fraction of sp³-hybridized carbons (Fsp3) is 0.379. The maximum Gasteiger partial charge on any atom is 0.317 e. The Morgan fingerprint density at radius 3 is 2.56 bits per heavy atom. The molecular formula is C29H33NO4. The molecule has 0 N–H and O–H groups in total. The van der Waals surface area contributed by atoms with Crippen LogP contribution in [-0.2, 0) is 14.3 Å². The number of hydrogen-bond acceptors (Lipinski definition) is 5. The Morgan fingerprint density at radius 2 is 1.82 bits per heavy atom. The molecule has 1 unspecified atom stereocenters. The topological polar surface area (TPSA) is 55.8 Å². The normalized spacial score (nSPS) is 17.6. The predicted molar refractivity (Wildman–Crippen MR) is 133 cm³/mol. The van der Waals surface area contributed by atoms with Crippen molar-refractivity contribution < 1.29 is 19.1 Å². The monoisotopic (exact) mass is 459 g/mol. The van der Waals surface area contributed by atoms with Crippen LogP contribution in [0.15, 0.2) is 78.4 Å². The third-order valence-corrected chi connectivity index (χ3v) is 6.52. The SMILES string of the molecule is O=CCOc1cccc(C(C(=O)OCC2CCN(CC3=CCCC=C3)CC2)c2ccccc2)c1. The number of allylic oxidation sites excluding steroid dienone is 2. The Labute approximate surface area is 202 Å². The summed E-state index contributed by atoms with van der Waals surface area (Å²) in [6.45, 7) is 3.51. The van der Waals surface area contributed by atoms with E-state index in [1.807, 2.05) is 48.5 Å². The second kappa shape index (κ2) is 12.3. The summed E-state index contributed by atoms with van der Waals surface area (Å²) in [5.41, 5.74) is 3.09. The number of nitrogens with zero attached hydrogens (tertiary/aromatic N) is 1. The molecule has 0 saturated carbocycles. The highest BCUT2D eigenvalue weighted by Gasteiger charge is 2.27. The van der Waals surface area contributed by atoms with E-state index >= 15 is 0 Å². The number of rotatable bonds is 10. The number of ether oxygens (including phenoxy) is 2. The van der Waals surface area contributed by atoms with Gasteiger partial charge >= 0.3 is 5.97 Å².